The smallest absolute Gasteiger partial charge is 0.319 e. The van der Waals surface area contributed by atoms with Crippen molar-refractivity contribution in [3.8, 4) is 0 Å². The Morgan fingerprint density at radius 1 is 1.15 bits per heavy atom. The molecular weight excluding hydrogens is 373 g/mol. The summed E-state index contributed by atoms with van der Waals surface area (Å²) in [7, 11) is 0. The number of ether oxygens (including phenoxy) is 1. The highest BCUT2D eigenvalue weighted by Gasteiger charge is 2.21. The summed E-state index contributed by atoms with van der Waals surface area (Å²) in [5.41, 5.74) is 1.87. The van der Waals surface area contributed by atoms with Crippen molar-refractivity contribution < 1.29 is 9.53 Å². The Bertz CT molecular complexity index is 743. The quantitative estimate of drug-likeness (QED) is 0.806. The Morgan fingerprint density at radius 2 is 1.96 bits per heavy atom. The zero-order chi connectivity index (χ0) is 18.4. The van der Waals surface area contributed by atoms with Gasteiger partial charge < -0.3 is 15.4 Å². The molecule has 138 valence electrons. The summed E-state index contributed by atoms with van der Waals surface area (Å²) in [6.45, 7) is 3.66. The van der Waals surface area contributed by atoms with Crippen molar-refractivity contribution in [2.75, 3.05) is 31.6 Å². The molecule has 26 heavy (non-hydrogen) atoms. The van der Waals surface area contributed by atoms with Gasteiger partial charge in [-0.25, -0.2) is 4.79 Å². The number of carbonyl (C=O) groups excluding carboxylic acids is 1. The molecule has 2 amide bonds. The highest BCUT2D eigenvalue weighted by atomic mass is 35.5. The van der Waals surface area contributed by atoms with Gasteiger partial charge in [-0.3, -0.25) is 4.90 Å². The van der Waals surface area contributed by atoms with Crippen molar-refractivity contribution in [3.05, 3.63) is 64.1 Å². The van der Waals surface area contributed by atoms with Crippen LogP contribution in [-0.4, -0.2) is 43.3 Å². The van der Waals surface area contributed by atoms with Gasteiger partial charge in [0.15, 0.2) is 0 Å². The fraction of sp³-hybridized carbons (Fsp3) is 0.316. The first-order chi connectivity index (χ1) is 12.6. The molecule has 1 heterocycles. The molecule has 2 aromatic rings. The summed E-state index contributed by atoms with van der Waals surface area (Å²) in [4.78, 5) is 14.4. The molecule has 5 nitrogen and oxygen atoms in total. The fourth-order valence-electron chi connectivity index (χ4n) is 2.84. The Balaban J connectivity index is 1.44. The average Bonchev–Trinajstić information content (AvgIpc) is 2.64. The van der Waals surface area contributed by atoms with Gasteiger partial charge in [-0.2, -0.15) is 0 Å². The largest absolute Gasteiger partial charge is 0.374 e. The maximum atomic E-state index is 12.1. The second kappa shape index (κ2) is 9.24. The third kappa shape index (κ3) is 5.61. The molecule has 1 aliphatic rings. The summed E-state index contributed by atoms with van der Waals surface area (Å²) in [5.74, 6) is 0. The van der Waals surface area contributed by atoms with E-state index in [1.165, 1.54) is 5.56 Å². The molecule has 0 bridgehead atoms. The molecule has 1 fully saturated rings. The molecule has 2 N–H and O–H groups in total. The number of carbonyl (C=O) groups is 1. The van der Waals surface area contributed by atoms with E-state index in [1.807, 2.05) is 18.2 Å². The molecular formula is C19H21Cl2N3O2. The van der Waals surface area contributed by atoms with Crippen molar-refractivity contribution in [3.63, 3.8) is 0 Å². The SMILES string of the molecule is O=C(NCC1CN(Cc2ccccc2)CCO1)Nc1ccc(Cl)c(Cl)c1. The molecule has 0 saturated carbocycles. The van der Waals surface area contributed by atoms with Crippen molar-refractivity contribution >= 4 is 34.9 Å². The predicted molar refractivity (Wildman–Crippen MR) is 105 cm³/mol. The predicted octanol–water partition coefficient (Wildman–Crippen LogP) is 4.02. The molecule has 1 saturated heterocycles. The maximum absolute atomic E-state index is 12.1. The van der Waals surface area contributed by atoms with Gasteiger partial charge in [-0.15, -0.1) is 0 Å². The first-order valence-electron chi connectivity index (χ1n) is 8.48. The molecule has 1 aliphatic heterocycles. The molecule has 1 unspecified atom stereocenters. The van der Waals surface area contributed by atoms with Gasteiger partial charge in [0, 0.05) is 31.9 Å². The molecule has 1 atom stereocenters. The van der Waals surface area contributed by atoms with Crippen LogP contribution in [0.2, 0.25) is 10.0 Å². The third-order valence-corrected chi connectivity index (χ3v) is 4.88. The maximum Gasteiger partial charge on any atom is 0.319 e. The van der Waals surface area contributed by atoms with Gasteiger partial charge in [0.1, 0.15) is 0 Å². The minimum Gasteiger partial charge on any atom is -0.374 e. The van der Waals surface area contributed by atoms with Crippen LogP contribution in [0.4, 0.5) is 10.5 Å². The molecule has 2 aromatic carbocycles. The van der Waals surface area contributed by atoms with Crippen LogP contribution in [0.1, 0.15) is 5.56 Å². The Labute approximate surface area is 163 Å². The van der Waals surface area contributed by atoms with E-state index in [1.54, 1.807) is 18.2 Å². The van der Waals surface area contributed by atoms with Crippen molar-refractivity contribution in [1.82, 2.24) is 10.2 Å². The molecule has 3 rings (SSSR count). The zero-order valence-electron chi connectivity index (χ0n) is 14.3. The topological polar surface area (TPSA) is 53.6 Å². The number of hydrogen-bond donors (Lipinski definition) is 2. The number of morpholine rings is 1. The van der Waals surface area contributed by atoms with Crippen LogP contribution < -0.4 is 10.6 Å². The van der Waals surface area contributed by atoms with Crippen LogP contribution in [0, 0.1) is 0 Å². The summed E-state index contributed by atoms with van der Waals surface area (Å²) >= 11 is 11.8. The van der Waals surface area contributed by atoms with Gasteiger partial charge in [-0.1, -0.05) is 53.5 Å². The van der Waals surface area contributed by atoms with Gasteiger partial charge in [-0.05, 0) is 23.8 Å². The number of urea groups is 1. The van der Waals surface area contributed by atoms with E-state index < -0.39 is 0 Å². The number of nitrogens with one attached hydrogen (secondary N) is 2. The summed E-state index contributed by atoms with van der Waals surface area (Å²) in [6, 6.07) is 15.0. The number of hydrogen-bond acceptors (Lipinski definition) is 3. The van der Waals surface area contributed by atoms with E-state index in [-0.39, 0.29) is 12.1 Å². The minimum atomic E-state index is -0.299. The second-order valence-corrected chi connectivity index (χ2v) is 6.99. The van der Waals surface area contributed by atoms with Gasteiger partial charge >= 0.3 is 6.03 Å². The van der Waals surface area contributed by atoms with Crippen molar-refractivity contribution in [1.29, 1.82) is 0 Å². The number of benzene rings is 2. The van der Waals surface area contributed by atoms with E-state index >= 15 is 0 Å². The number of nitrogens with zero attached hydrogens (tertiary/aromatic N) is 1. The van der Waals surface area contributed by atoms with E-state index in [4.69, 9.17) is 27.9 Å². The standard InChI is InChI=1S/C19H21Cl2N3O2/c20-17-7-6-15(10-18(17)21)23-19(25)22-11-16-13-24(8-9-26-16)12-14-4-2-1-3-5-14/h1-7,10,16H,8-9,11-13H2,(H2,22,23,25). The zero-order valence-corrected chi connectivity index (χ0v) is 15.8. The summed E-state index contributed by atoms with van der Waals surface area (Å²) in [5, 5.41) is 6.43. The number of halogens is 2. The lowest BCUT2D eigenvalue weighted by molar-refractivity contribution is -0.0285. The first kappa shape index (κ1) is 19.0. The van der Waals surface area contributed by atoms with Gasteiger partial charge in [0.05, 0.1) is 22.8 Å². The molecule has 7 heteroatoms. The Morgan fingerprint density at radius 3 is 2.73 bits per heavy atom. The highest BCUT2D eigenvalue weighted by Crippen LogP contribution is 2.24. The van der Waals surface area contributed by atoms with E-state index in [0.29, 0.717) is 28.9 Å². The molecule has 0 radical (unpaired) electrons. The van der Waals surface area contributed by atoms with Gasteiger partial charge in [0.2, 0.25) is 0 Å². The van der Waals surface area contributed by atoms with E-state index in [2.05, 4.69) is 27.7 Å². The highest BCUT2D eigenvalue weighted by molar-refractivity contribution is 6.42. The summed E-state index contributed by atoms with van der Waals surface area (Å²) < 4.78 is 5.76. The number of rotatable bonds is 5. The third-order valence-electron chi connectivity index (χ3n) is 4.14. The minimum absolute atomic E-state index is 0.0352. The first-order valence-corrected chi connectivity index (χ1v) is 9.23. The second-order valence-electron chi connectivity index (χ2n) is 6.18. The van der Waals surface area contributed by atoms with Crippen molar-refractivity contribution in [2.45, 2.75) is 12.6 Å². The Kier molecular flexibility index (Phi) is 6.74. The number of amides is 2. The molecule has 0 aromatic heterocycles. The van der Waals surface area contributed by atoms with Crippen LogP contribution in [0.3, 0.4) is 0 Å². The van der Waals surface area contributed by atoms with Crippen LogP contribution >= 0.6 is 23.2 Å². The van der Waals surface area contributed by atoms with E-state index in [9.17, 15) is 4.79 Å². The molecule has 0 aliphatic carbocycles. The Hall–Kier alpha value is -1.79. The van der Waals surface area contributed by atoms with E-state index in [0.717, 1.165) is 19.6 Å². The summed E-state index contributed by atoms with van der Waals surface area (Å²) in [6.07, 6.45) is -0.0352. The van der Waals surface area contributed by atoms with Crippen LogP contribution in [0.25, 0.3) is 0 Å². The van der Waals surface area contributed by atoms with Crippen LogP contribution in [0.15, 0.2) is 48.5 Å². The monoisotopic (exact) mass is 393 g/mol. The molecule has 0 spiro atoms. The average molecular weight is 394 g/mol. The fourth-order valence-corrected chi connectivity index (χ4v) is 3.14. The lowest BCUT2D eigenvalue weighted by atomic mass is 10.2. The van der Waals surface area contributed by atoms with Crippen molar-refractivity contribution in [2.24, 2.45) is 0 Å². The van der Waals surface area contributed by atoms with Gasteiger partial charge in [0.25, 0.3) is 0 Å². The normalized spacial score (nSPS) is 17.7. The van der Waals surface area contributed by atoms with Crippen LogP contribution in [0.5, 0.6) is 0 Å². The van der Waals surface area contributed by atoms with Crippen LogP contribution in [-0.2, 0) is 11.3 Å². The lowest BCUT2D eigenvalue weighted by Crippen LogP contribution is -2.47. The lowest BCUT2D eigenvalue weighted by Gasteiger charge is -2.33. The number of anilines is 1.